The Hall–Kier alpha value is -1.42. The van der Waals surface area contributed by atoms with Crippen LogP contribution in [0.2, 0.25) is 0 Å². The number of aryl methyl sites for hydroxylation is 1. The number of benzene rings is 1. The first-order chi connectivity index (χ1) is 9.61. The van der Waals surface area contributed by atoms with Gasteiger partial charge in [-0.25, -0.2) is 4.39 Å². The van der Waals surface area contributed by atoms with Crippen LogP contribution in [-0.2, 0) is 0 Å². The predicted molar refractivity (Wildman–Crippen MR) is 76.0 cm³/mol. The maximum atomic E-state index is 13.7. The summed E-state index contributed by atoms with van der Waals surface area (Å²) in [5.74, 6) is -0.298. The summed E-state index contributed by atoms with van der Waals surface area (Å²) in [7, 11) is 0. The molecule has 1 aromatic carbocycles. The van der Waals surface area contributed by atoms with Crippen LogP contribution < -0.4 is 5.32 Å². The lowest BCUT2D eigenvalue weighted by molar-refractivity contribution is 0.0905. The van der Waals surface area contributed by atoms with Crippen LogP contribution in [0.1, 0.15) is 41.6 Å². The molecule has 4 heteroatoms. The Bertz CT molecular complexity index is 476. The fraction of sp³-hybridized carbons (Fsp3) is 0.562. The molecule has 0 radical (unpaired) electrons. The molecule has 1 fully saturated rings. The number of rotatable bonds is 4. The van der Waals surface area contributed by atoms with Crippen molar-refractivity contribution in [1.82, 2.24) is 5.32 Å². The van der Waals surface area contributed by atoms with Crippen molar-refractivity contribution >= 4 is 5.91 Å². The Balaban J connectivity index is 1.94. The van der Waals surface area contributed by atoms with Crippen LogP contribution in [0.4, 0.5) is 4.39 Å². The highest BCUT2D eigenvalue weighted by Gasteiger charge is 2.25. The molecule has 1 saturated carbocycles. The van der Waals surface area contributed by atoms with Crippen molar-refractivity contribution in [2.24, 2.45) is 11.8 Å². The Kier molecular flexibility index (Phi) is 5.12. The molecule has 1 aromatic rings. The van der Waals surface area contributed by atoms with Gasteiger partial charge < -0.3 is 10.4 Å². The molecule has 20 heavy (non-hydrogen) atoms. The first-order valence-corrected chi connectivity index (χ1v) is 7.27. The summed E-state index contributed by atoms with van der Waals surface area (Å²) in [4.78, 5) is 12.0. The van der Waals surface area contributed by atoms with E-state index in [0.717, 1.165) is 31.2 Å². The largest absolute Gasteiger partial charge is 0.396 e. The van der Waals surface area contributed by atoms with E-state index in [1.165, 1.54) is 12.1 Å². The van der Waals surface area contributed by atoms with Gasteiger partial charge in [-0.15, -0.1) is 0 Å². The molecule has 3 nitrogen and oxygen atoms in total. The quantitative estimate of drug-likeness (QED) is 0.890. The number of halogens is 1. The van der Waals surface area contributed by atoms with Crippen molar-refractivity contribution < 1.29 is 14.3 Å². The van der Waals surface area contributed by atoms with Crippen LogP contribution in [0.15, 0.2) is 18.2 Å². The van der Waals surface area contributed by atoms with E-state index in [4.69, 9.17) is 0 Å². The minimum Gasteiger partial charge on any atom is -0.396 e. The van der Waals surface area contributed by atoms with Gasteiger partial charge in [-0.2, -0.15) is 0 Å². The lowest BCUT2D eigenvalue weighted by Crippen LogP contribution is -2.35. The van der Waals surface area contributed by atoms with Crippen LogP contribution >= 0.6 is 0 Å². The summed E-state index contributed by atoms with van der Waals surface area (Å²) in [5.41, 5.74) is 0.888. The summed E-state index contributed by atoms with van der Waals surface area (Å²) >= 11 is 0. The van der Waals surface area contributed by atoms with Gasteiger partial charge in [0, 0.05) is 13.2 Å². The number of carbonyl (C=O) groups is 1. The minimum absolute atomic E-state index is 0.0898. The van der Waals surface area contributed by atoms with E-state index in [1.807, 2.05) is 0 Å². The number of aliphatic hydroxyl groups is 1. The van der Waals surface area contributed by atoms with Gasteiger partial charge in [0.05, 0.1) is 5.56 Å². The second-order valence-corrected chi connectivity index (χ2v) is 5.68. The smallest absolute Gasteiger partial charge is 0.254 e. The molecule has 2 atom stereocenters. The molecule has 2 N–H and O–H groups in total. The maximum absolute atomic E-state index is 13.7. The van der Waals surface area contributed by atoms with Gasteiger partial charge in [0.15, 0.2) is 0 Å². The molecule has 2 rings (SSSR count). The van der Waals surface area contributed by atoms with Crippen LogP contribution in [0.5, 0.6) is 0 Å². The second kappa shape index (κ2) is 6.84. The SMILES string of the molecule is Cc1ccc(C(=O)NCC2CCCCC2CO)c(F)c1. The fourth-order valence-electron chi connectivity index (χ4n) is 2.92. The molecular formula is C16H22FNO2. The molecule has 0 aromatic heterocycles. The first kappa shape index (κ1) is 15.0. The van der Waals surface area contributed by atoms with Crippen LogP contribution in [0.3, 0.4) is 0 Å². The highest BCUT2D eigenvalue weighted by molar-refractivity contribution is 5.94. The molecule has 110 valence electrons. The summed E-state index contributed by atoms with van der Waals surface area (Å²) in [6.45, 7) is 2.47. The third-order valence-corrected chi connectivity index (χ3v) is 4.20. The van der Waals surface area contributed by atoms with Crippen LogP contribution in [-0.4, -0.2) is 24.2 Å². The Labute approximate surface area is 119 Å². The van der Waals surface area contributed by atoms with Crippen molar-refractivity contribution in [3.8, 4) is 0 Å². The summed E-state index contributed by atoms with van der Waals surface area (Å²) in [6.07, 6.45) is 4.30. The van der Waals surface area contributed by atoms with E-state index in [0.29, 0.717) is 12.5 Å². The highest BCUT2D eigenvalue weighted by atomic mass is 19.1. The summed E-state index contributed by atoms with van der Waals surface area (Å²) < 4.78 is 13.7. The van der Waals surface area contributed by atoms with E-state index < -0.39 is 5.82 Å². The number of hydrogen-bond acceptors (Lipinski definition) is 2. The second-order valence-electron chi connectivity index (χ2n) is 5.68. The van der Waals surface area contributed by atoms with Crippen molar-refractivity contribution in [2.45, 2.75) is 32.6 Å². The third kappa shape index (κ3) is 3.57. The van der Waals surface area contributed by atoms with E-state index in [1.54, 1.807) is 13.0 Å². The third-order valence-electron chi connectivity index (χ3n) is 4.20. The van der Waals surface area contributed by atoms with E-state index in [9.17, 15) is 14.3 Å². The number of hydrogen-bond donors (Lipinski definition) is 2. The molecule has 1 amide bonds. The average molecular weight is 279 g/mol. The summed E-state index contributed by atoms with van der Waals surface area (Å²) in [6, 6.07) is 4.62. The highest BCUT2D eigenvalue weighted by Crippen LogP contribution is 2.29. The number of carbonyl (C=O) groups excluding carboxylic acids is 1. The standard InChI is InChI=1S/C16H22FNO2/c1-11-6-7-14(15(17)8-11)16(20)18-9-12-4-2-3-5-13(12)10-19/h6-8,12-13,19H,2-5,9-10H2,1H3,(H,18,20). The molecule has 2 unspecified atom stereocenters. The average Bonchev–Trinajstić information content (AvgIpc) is 2.45. The zero-order valence-electron chi connectivity index (χ0n) is 11.9. The number of aliphatic hydroxyl groups excluding tert-OH is 1. The monoisotopic (exact) mass is 279 g/mol. The van der Waals surface area contributed by atoms with Gasteiger partial charge in [-0.1, -0.05) is 18.9 Å². The van der Waals surface area contributed by atoms with Gasteiger partial charge in [-0.05, 0) is 49.3 Å². The lowest BCUT2D eigenvalue weighted by Gasteiger charge is -2.30. The first-order valence-electron chi connectivity index (χ1n) is 7.27. The molecule has 0 bridgehead atoms. The van der Waals surface area contributed by atoms with Crippen molar-refractivity contribution in [3.05, 3.63) is 35.1 Å². The number of nitrogens with one attached hydrogen (secondary N) is 1. The van der Waals surface area contributed by atoms with Crippen LogP contribution in [0.25, 0.3) is 0 Å². The van der Waals surface area contributed by atoms with E-state index in [2.05, 4.69) is 5.32 Å². The Morgan fingerprint density at radius 2 is 2.05 bits per heavy atom. The normalized spacial score (nSPS) is 22.6. The van der Waals surface area contributed by atoms with E-state index >= 15 is 0 Å². The maximum Gasteiger partial charge on any atom is 0.254 e. The molecule has 0 aliphatic heterocycles. The van der Waals surface area contributed by atoms with Crippen molar-refractivity contribution in [2.75, 3.05) is 13.2 Å². The zero-order valence-corrected chi connectivity index (χ0v) is 11.9. The van der Waals surface area contributed by atoms with Gasteiger partial charge >= 0.3 is 0 Å². The molecule has 0 heterocycles. The Morgan fingerprint density at radius 1 is 1.35 bits per heavy atom. The molecule has 0 saturated heterocycles. The van der Waals surface area contributed by atoms with Gasteiger partial charge in [0.2, 0.25) is 0 Å². The predicted octanol–water partition coefficient (Wildman–Crippen LogP) is 2.66. The van der Waals surface area contributed by atoms with Gasteiger partial charge in [-0.3, -0.25) is 4.79 Å². The topological polar surface area (TPSA) is 49.3 Å². The minimum atomic E-state index is -0.482. The molecule has 1 aliphatic carbocycles. The van der Waals surface area contributed by atoms with Gasteiger partial charge in [0.25, 0.3) is 5.91 Å². The Morgan fingerprint density at radius 3 is 2.70 bits per heavy atom. The molecule has 0 spiro atoms. The lowest BCUT2D eigenvalue weighted by atomic mass is 9.79. The van der Waals surface area contributed by atoms with Crippen molar-refractivity contribution in [3.63, 3.8) is 0 Å². The number of amides is 1. The van der Waals surface area contributed by atoms with Gasteiger partial charge in [0.1, 0.15) is 5.82 Å². The van der Waals surface area contributed by atoms with E-state index in [-0.39, 0.29) is 24.0 Å². The fourth-order valence-corrected chi connectivity index (χ4v) is 2.92. The van der Waals surface area contributed by atoms with Crippen LogP contribution in [0, 0.1) is 24.6 Å². The van der Waals surface area contributed by atoms with Crippen molar-refractivity contribution in [1.29, 1.82) is 0 Å². The molecular weight excluding hydrogens is 257 g/mol. The molecule has 1 aliphatic rings. The zero-order chi connectivity index (χ0) is 14.5. The summed E-state index contributed by atoms with van der Waals surface area (Å²) in [5, 5.41) is 12.1.